The second-order valence-corrected chi connectivity index (χ2v) is 22.7. The maximum absolute atomic E-state index is 12.9. The third-order valence-electron chi connectivity index (χ3n) is 15.5. The summed E-state index contributed by atoms with van der Waals surface area (Å²) in [6.07, 6.45) is 61.0. The van der Waals surface area contributed by atoms with Crippen LogP contribution in [0.1, 0.15) is 318 Å². The average molecular weight is 1030 g/mol. The number of aliphatic hydroxyl groups is 1. The number of unbranched alkanes of at least 4 members (excludes halogenated alkanes) is 30. The van der Waals surface area contributed by atoms with E-state index in [1.807, 2.05) is 6.92 Å². The predicted molar refractivity (Wildman–Crippen MR) is 317 cm³/mol. The van der Waals surface area contributed by atoms with E-state index in [1.165, 1.54) is 205 Å². The number of allylic oxidation sites excluding steroid dienone is 1. The summed E-state index contributed by atoms with van der Waals surface area (Å²) >= 11 is 0. The summed E-state index contributed by atoms with van der Waals surface area (Å²) in [4.78, 5) is 30.5. The van der Waals surface area contributed by atoms with Crippen LogP contribution < -0.4 is 0 Å². The van der Waals surface area contributed by atoms with Crippen molar-refractivity contribution in [3.63, 3.8) is 0 Å². The molecule has 73 heavy (non-hydrogen) atoms. The Morgan fingerprint density at radius 3 is 1.19 bits per heavy atom. The fourth-order valence-electron chi connectivity index (χ4n) is 10.3. The molecule has 0 spiro atoms. The standard InChI is InChI=1S/C66H126N2O5/c1-8-14-18-22-26-28-33-40-48-62(46-38-31-24-20-16-10-3)59-72-65(70)51-43-35-30-36-45-54-68(57-56-67(13-6)55-53-61(7)12-5)58-64(69)50-42-37-44-52-66(71)73-60-63(47-39-32-25-21-17-11-4)49-41-34-29-27-23-19-15-9-2/h5,53,55,61-64,69H,8-11,13-52,54,56-60H2,1-4,6-7H3/b55-53-. The summed E-state index contributed by atoms with van der Waals surface area (Å²) in [5, 5.41) is 11.2. The summed E-state index contributed by atoms with van der Waals surface area (Å²) in [7, 11) is 0. The van der Waals surface area contributed by atoms with Crippen LogP contribution in [0.2, 0.25) is 0 Å². The highest BCUT2D eigenvalue weighted by atomic mass is 16.5. The minimum absolute atomic E-state index is 0.0121. The summed E-state index contributed by atoms with van der Waals surface area (Å²) in [5.41, 5.74) is 0. The lowest BCUT2D eigenvalue weighted by atomic mass is 9.94. The molecule has 0 aromatic rings. The van der Waals surface area contributed by atoms with E-state index in [0.29, 0.717) is 44.4 Å². The Morgan fingerprint density at radius 1 is 0.466 bits per heavy atom. The normalized spacial score (nSPS) is 13.4. The quantitative estimate of drug-likeness (QED) is 0.0369. The molecule has 1 N–H and O–H groups in total. The first-order valence-electron chi connectivity index (χ1n) is 32.3. The number of likely N-dealkylation sites (N-methyl/N-ethyl adjacent to an activating group) is 1. The van der Waals surface area contributed by atoms with Crippen LogP contribution in [-0.2, 0) is 19.1 Å². The summed E-state index contributed by atoms with van der Waals surface area (Å²) in [5.74, 6) is 3.84. The van der Waals surface area contributed by atoms with Gasteiger partial charge in [-0.05, 0) is 89.8 Å². The minimum atomic E-state index is -0.394. The summed E-state index contributed by atoms with van der Waals surface area (Å²) in [6.45, 7) is 18.8. The Bertz CT molecular complexity index is 1230. The molecule has 0 aromatic heterocycles. The molecular formula is C66H126N2O5. The van der Waals surface area contributed by atoms with E-state index >= 15 is 0 Å². The molecule has 4 unspecified atom stereocenters. The van der Waals surface area contributed by atoms with Gasteiger partial charge in [-0.2, -0.15) is 0 Å². The van der Waals surface area contributed by atoms with Crippen molar-refractivity contribution in [2.24, 2.45) is 17.8 Å². The van der Waals surface area contributed by atoms with Gasteiger partial charge in [0.1, 0.15) is 0 Å². The lowest BCUT2D eigenvalue weighted by Crippen LogP contribution is -2.38. The molecule has 0 aromatic carbocycles. The molecule has 430 valence electrons. The Kier molecular flexibility index (Phi) is 54.6. The van der Waals surface area contributed by atoms with Crippen LogP contribution in [0.5, 0.6) is 0 Å². The monoisotopic (exact) mass is 1030 g/mol. The van der Waals surface area contributed by atoms with Crippen molar-refractivity contribution < 1.29 is 24.2 Å². The fourth-order valence-corrected chi connectivity index (χ4v) is 10.3. The molecule has 4 atom stereocenters. The molecule has 7 heteroatoms. The number of hydrogen-bond donors (Lipinski definition) is 1. The van der Waals surface area contributed by atoms with E-state index in [0.717, 1.165) is 84.0 Å². The van der Waals surface area contributed by atoms with Gasteiger partial charge in [-0.3, -0.25) is 14.5 Å². The van der Waals surface area contributed by atoms with Gasteiger partial charge in [-0.1, -0.05) is 252 Å². The number of rotatable bonds is 58. The highest BCUT2D eigenvalue weighted by Gasteiger charge is 2.16. The smallest absolute Gasteiger partial charge is 0.305 e. The largest absolute Gasteiger partial charge is 0.465 e. The molecule has 0 aliphatic carbocycles. The Morgan fingerprint density at radius 2 is 0.808 bits per heavy atom. The van der Waals surface area contributed by atoms with Crippen molar-refractivity contribution in [3.8, 4) is 12.3 Å². The van der Waals surface area contributed by atoms with E-state index < -0.39 is 6.10 Å². The van der Waals surface area contributed by atoms with Crippen LogP contribution in [0.3, 0.4) is 0 Å². The second kappa shape index (κ2) is 56.2. The molecule has 0 saturated carbocycles. The molecule has 0 aliphatic heterocycles. The third kappa shape index (κ3) is 50.5. The molecule has 0 fully saturated rings. The first kappa shape index (κ1) is 71.0. The number of carbonyl (C=O) groups is 2. The zero-order chi connectivity index (χ0) is 53.5. The maximum Gasteiger partial charge on any atom is 0.305 e. The highest BCUT2D eigenvalue weighted by molar-refractivity contribution is 5.69. The first-order chi connectivity index (χ1) is 35.7. The average Bonchev–Trinajstić information content (AvgIpc) is 3.39. The molecule has 7 nitrogen and oxygen atoms in total. The number of hydrogen-bond acceptors (Lipinski definition) is 7. The van der Waals surface area contributed by atoms with Crippen molar-refractivity contribution in [1.29, 1.82) is 0 Å². The number of ether oxygens (including phenoxy) is 2. The van der Waals surface area contributed by atoms with Crippen molar-refractivity contribution in [3.05, 3.63) is 12.3 Å². The van der Waals surface area contributed by atoms with Gasteiger partial charge >= 0.3 is 11.9 Å². The Balaban J connectivity index is 4.85. The maximum atomic E-state index is 12.9. The van der Waals surface area contributed by atoms with E-state index in [2.05, 4.69) is 62.6 Å². The van der Waals surface area contributed by atoms with Gasteiger partial charge in [-0.25, -0.2) is 0 Å². The summed E-state index contributed by atoms with van der Waals surface area (Å²) < 4.78 is 11.8. The first-order valence-corrected chi connectivity index (χ1v) is 32.3. The van der Waals surface area contributed by atoms with Crippen molar-refractivity contribution in [2.45, 2.75) is 324 Å². The van der Waals surface area contributed by atoms with Gasteiger partial charge in [0, 0.05) is 44.9 Å². The van der Waals surface area contributed by atoms with Crippen LogP contribution in [0, 0.1) is 30.1 Å². The molecule has 0 saturated heterocycles. The summed E-state index contributed by atoms with van der Waals surface area (Å²) in [6, 6.07) is 0. The Hall–Kier alpha value is -2.04. The molecule has 0 amide bonds. The van der Waals surface area contributed by atoms with Crippen molar-refractivity contribution >= 4 is 11.9 Å². The van der Waals surface area contributed by atoms with E-state index in [-0.39, 0.29) is 17.9 Å². The van der Waals surface area contributed by atoms with E-state index in [4.69, 9.17) is 15.9 Å². The van der Waals surface area contributed by atoms with Gasteiger partial charge in [-0.15, -0.1) is 6.42 Å². The lowest BCUT2D eigenvalue weighted by Gasteiger charge is -2.28. The van der Waals surface area contributed by atoms with Crippen molar-refractivity contribution in [2.75, 3.05) is 45.9 Å². The number of aliphatic hydroxyl groups excluding tert-OH is 1. The number of carbonyl (C=O) groups excluding carboxylic acids is 2. The minimum Gasteiger partial charge on any atom is -0.465 e. The van der Waals surface area contributed by atoms with Gasteiger partial charge in [0.15, 0.2) is 0 Å². The van der Waals surface area contributed by atoms with E-state index in [1.54, 1.807) is 0 Å². The predicted octanol–water partition coefficient (Wildman–Crippen LogP) is 18.9. The molecule has 0 bridgehead atoms. The fraction of sp³-hybridized carbons (Fsp3) is 0.909. The number of nitrogens with zero attached hydrogens (tertiary/aromatic N) is 2. The van der Waals surface area contributed by atoms with Crippen LogP contribution in [0.4, 0.5) is 0 Å². The highest BCUT2D eigenvalue weighted by Crippen LogP contribution is 2.23. The molecule has 0 heterocycles. The van der Waals surface area contributed by atoms with Gasteiger partial charge in [0.05, 0.1) is 19.3 Å². The molecule has 0 radical (unpaired) electrons. The zero-order valence-corrected chi connectivity index (χ0v) is 49.9. The van der Waals surface area contributed by atoms with Crippen LogP contribution >= 0.6 is 0 Å². The van der Waals surface area contributed by atoms with Gasteiger partial charge < -0.3 is 19.5 Å². The van der Waals surface area contributed by atoms with Crippen LogP contribution in [-0.4, -0.2) is 78.9 Å². The molecule has 0 aliphatic rings. The lowest BCUT2D eigenvalue weighted by molar-refractivity contribution is -0.146. The van der Waals surface area contributed by atoms with Crippen LogP contribution in [0.25, 0.3) is 0 Å². The SMILES string of the molecule is C#CC(C)/C=C\N(CC)CCN(CCCCCCCC(=O)OCC(CCCCCCCC)CCCCCCCCCC)CC(O)CCCCCC(=O)OCC(CCCCCCCC)CCCCCCCCCC. The molecular weight excluding hydrogens is 901 g/mol. The van der Waals surface area contributed by atoms with Crippen molar-refractivity contribution in [1.82, 2.24) is 9.80 Å². The van der Waals surface area contributed by atoms with Gasteiger partial charge in [0.25, 0.3) is 0 Å². The second-order valence-electron chi connectivity index (χ2n) is 22.7. The number of esters is 2. The van der Waals surface area contributed by atoms with Gasteiger partial charge in [0.2, 0.25) is 0 Å². The van der Waals surface area contributed by atoms with E-state index in [9.17, 15) is 14.7 Å². The van der Waals surface area contributed by atoms with Crippen LogP contribution in [0.15, 0.2) is 12.3 Å². The third-order valence-corrected chi connectivity index (χ3v) is 15.5. The zero-order valence-electron chi connectivity index (χ0n) is 49.9. The Labute approximate surface area is 456 Å². The number of terminal acetylenes is 1. The topological polar surface area (TPSA) is 79.3 Å². The molecule has 0 rings (SSSR count).